The van der Waals surface area contributed by atoms with Gasteiger partial charge in [-0.1, -0.05) is 58.0 Å². The number of anilines is 2. The maximum absolute atomic E-state index is 12.8. The second-order valence-corrected chi connectivity index (χ2v) is 6.53. The van der Waals surface area contributed by atoms with E-state index in [-0.39, 0.29) is 5.91 Å². The van der Waals surface area contributed by atoms with Crippen LogP contribution in [0, 0.1) is 6.92 Å². The lowest BCUT2D eigenvalue weighted by Crippen LogP contribution is -2.35. The Morgan fingerprint density at radius 3 is 2.48 bits per heavy atom. The van der Waals surface area contributed by atoms with Crippen LogP contribution in [0.4, 0.5) is 11.4 Å². The molecule has 0 aliphatic carbocycles. The number of amides is 1. The molecule has 1 amide bonds. The lowest BCUT2D eigenvalue weighted by atomic mass is 9.92. The van der Waals surface area contributed by atoms with Crippen LogP contribution < -0.4 is 10.6 Å². The predicted molar refractivity (Wildman–Crippen MR) is 115 cm³/mol. The molecule has 27 heavy (non-hydrogen) atoms. The zero-order valence-electron chi connectivity index (χ0n) is 17.4. The van der Waals surface area contributed by atoms with E-state index in [0.29, 0.717) is 6.54 Å². The van der Waals surface area contributed by atoms with Gasteiger partial charge in [-0.3, -0.25) is 4.79 Å². The molecule has 1 heterocycles. The number of likely N-dealkylation sites (N-methyl/N-ethyl adjacent to an activating group) is 1. The molecule has 4 nitrogen and oxygen atoms in total. The van der Waals surface area contributed by atoms with Crippen molar-refractivity contribution in [1.29, 1.82) is 0 Å². The van der Waals surface area contributed by atoms with Gasteiger partial charge in [0.05, 0.1) is 11.3 Å². The molecule has 2 aromatic carbocycles. The molecule has 146 valence electrons. The summed E-state index contributed by atoms with van der Waals surface area (Å²) in [6.07, 6.45) is 0.860. The lowest BCUT2D eigenvalue weighted by Gasteiger charge is -2.25. The molecule has 2 aromatic rings. The zero-order chi connectivity index (χ0) is 19.8. The zero-order valence-corrected chi connectivity index (χ0v) is 17.4. The standard InChI is InChI=1S/C21H27N3O.C2H6/c1-4-24(5-2)13-12-22-21(25)19-15(3)10-11-17-14-16-8-6-7-9-18(16)23-20(17)19;1-2/h6-11,23H,4-5,12-14H2,1-3H3,(H,22,25);1-2H3. The van der Waals surface area contributed by atoms with E-state index < -0.39 is 0 Å². The fourth-order valence-electron chi connectivity index (χ4n) is 3.42. The van der Waals surface area contributed by atoms with Crippen LogP contribution in [-0.4, -0.2) is 37.0 Å². The van der Waals surface area contributed by atoms with Gasteiger partial charge >= 0.3 is 0 Å². The number of carbonyl (C=O) groups is 1. The van der Waals surface area contributed by atoms with Crippen LogP contribution in [0.3, 0.4) is 0 Å². The van der Waals surface area contributed by atoms with Crippen molar-refractivity contribution in [3.8, 4) is 0 Å². The Bertz CT molecular complexity index is 766. The number of carbonyl (C=O) groups excluding carboxylic acids is 1. The number of fused-ring (bicyclic) bond motifs is 2. The highest BCUT2D eigenvalue weighted by molar-refractivity contribution is 6.03. The normalized spacial score (nSPS) is 11.6. The molecule has 1 aliphatic heterocycles. The van der Waals surface area contributed by atoms with Crippen molar-refractivity contribution in [2.75, 3.05) is 31.5 Å². The molecule has 0 unspecified atom stereocenters. The molecule has 1 aliphatic rings. The van der Waals surface area contributed by atoms with E-state index in [1.165, 1.54) is 11.1 Å². The van der Waals surface area contributed by atoms with Crippen molar-refractivity contribution < 1.29 is 4.79 Å². The first-order chi connectivity index (χ1) is 13.1. The van der Waals surface area contributed by atoms with Gasteiger partial charge in [-0.15, -0.1) is 0 Å². The molecule has 2 N–H and O–H groups in total. The molecule has 0 atom stereocenters. The van der Waals surface area contributed by atoms with E-state index in [0.717, 1.165) is 48.6 Å². The average Bonchev–Trinajstić information content (AvgIpc) is 2.71. The van der Waals surface area contributed by atoms with E-state index in [1.54, 1.807) is 0 Å². The summed E-state index contributed by atoms with van der Waals surface area (Å²) >= 11 is 0. The molecule has 4 heteroatoms. The van der Waals surface area contributed by atoms with Crippen molar-refractivity contribution in [2.45, 2.75) is 41.0 Å². The molecule has 3 rings (SSSR count). The van der Waals surface area contributed by atoms with Crippen LogP contribution in [0.1, 0.15) is 54.7 Å². The highest BCUT2D eigenvalue weighted by Gasteiger charge is 2.22. The minimum absolute atomic E-state index is 0.00777. The lowest BCUT2D eigenvalue weighted by molar-refractivity contribution is 0.0949. The van der Waals surface area contributed by atoms with E-state index >= 15 is 0 Å². The van der Waals surface area contributed by atoms with Gasteiger partial charge in [-0.2, -0.15) is 0 Å². The first-order valence-corrected chi connectivity index (χ1v) is 10.1. The minimum Gasteiger partial charge on any atom is -0.354 e. The Morgan fingerprint density at radius 1 is 1.07 bits per heavy atom. The Balaban J connectivity index is 0.00000126. The summed E-state index contributed by atoms with van der Waals surface area (Å²) in [7, 11) is 0. The van der Waals surface area contributed by atoms with E-state index in [1.807, 2.05) is 32.9 Å². The van der Waals surface area contributed by atoms with Gasteiger partial charge in [-0.05, 0) is 42.8 Å². The molecule has 0 bridgehead atoms. The summed E-state index contributed by atoms with van der Waals surface area (Å²) in [5.74, 6) is 0.00777. The van der Waals surface area contributed by atoms with Crippen LogP contribution in [0.2, 0.25) is 0 Å². The number of para-hydroxylation sites is 1. The SMILES string of the molecule is CC.CCN(CC)CCNC(=O)c1c(C)ccc2c1Nc1ccccc1C2. The van der Waals surface area contributed by atoms with Crippen LogP contribution in [0.25, 0.3) is 0 Å². The molecule has 0 radical (unpaired) electrons. The van der Waals surface area contributed by atoms with Crippen molar-refractivity contribution in [3.05, 3.63) is 58.7 Å². The number of rotatable bonds is 6. The van der Waals surface area contributed by atoms with Gasteiger partial charge in [0.15, 0.2) is 0 Å². The Morgan fingerprint density at radius 2 is 1.78 bits per heavy atom. The van der Waals surface area contributed by atoms with Gasteiger partial charge < -0.3 is 15.5 Å². The minimum atomic E-state index is 0.00777. The molecule has 0 fully saturated rings. The third-order valence-corrected chi connectivity index (χ3v) is 4.99. The molecule has 0 aromatic heterocycles. The number of aryl methyl sites for hydroxylation is 1. The quantitative estimate of drug-likeness (QED) is 0.661. The second kappa shape index (κ2) is 10.1. The number of hydrogen-bond donors (Lipinski definition) is 2. The predicted octanol–water partition coefficient (Wildman–Crippen LogP) is 4.74. The second-order valence-electron chi connectivity index (χ2n) is 6.53. The van der Waals surface area contributed by atoms with Crippen LogP contribution in [0.5, 0.6) is 0 Å². The summed E-state index contributed by atoms with van der Waals surface area (Å²) in [4.78, 5) is 15.1. The first kappa shape index (κ1) is 21.0. The Labute approximate surface area is 164 Å². The van der Waals surface area contributed by atoms with E-state index in [4.69, 9.17) is 0 Å². The number of benzene rings is 2. The third kappa shape index (κ3) is 4.89. The van der Waals surface area contributed by atoms with Gasteiger partial charge in [0.25, 0.3) is 5.91 Å². The maximum atomic E-state index is 12.8. The fourth-order valence-corrected chi connectivity index (χ4v) is 3.42. The highest BCUT2D eigenvalue weighted by Crippen LogP contribution is 2.36. The smallest absolute Gasteiger partial charge is 0.253 e. The van der Waals surface area contributed by atoms with Crippen molar-refractivity contribution in [2.24, 2.45) is 0 Å². The molecular formula is C23H33N3O. The van der Waals surface area contributed by atoms with E-state index in [9.17, 15) is 4.79 Å². The van der Waals surface area contributed by atoms with Crippen molar-refractivity contribution >= 4 is 17.3 Å². The van der Waals surface area contributed by atoms with Crippen LogP contribution >= 0.6 is 0 Å². The van der Waals surface area contributed by atoms with Crippen molar-refractivity contribution in [1.82, 2.24) is 10.2 Å². The van der Waals surface area contributed by atoms with Crippen LogP contribution in [-0.2, 0) is 6.42 Å². The van der Waals surface area contributed by atoms with E-state index in [2.05, 4.69) is 53.6 Å². The average molecular weight is 368 g/mol. The monoisotopic (exact) mass is 367 g/mol. The molecular weight excluding hydrogens is 334 g/mol. The number of hydrogen-bond acceptors (Lipinski definition) is 3. The number of nitrogens with zero attached hydrogens (tertiary/aromatic N) is 1. The van der Waals surface area contributed by atoms with Gasteiger partial charge in [0.1, 0.15) is 0 Å². The fraction of sp³-hybridized carbons (Fsp3) is 0.435. The van der Waals surface area contributed by atoms with Gasteiger partial charge in [0, 0.05) is 25.2 Å². The van der Waals surface area contributed by atoms with Gasteiger partial charge in [0.2, 0.25) is 0 Å². The summed E-state index contributed by atoms with van der Waals surface area (Å²) in [6, 6.07) is 12.5. The Hall–Kier alpha value is -2.33. The third-order valence-electron chi connectivity index (χ3n) is 4.99. The van der Waals surface area contributed by atoms with Gasteiger partial charge in [-0.25, -0.2) is 0 Å². The first-order valence-electron chi connectivity index (χ1n) is 10.1. The largest absolute Gasteiger partial charge is 0.354 e. The molecule has 0 saturated carbocycles. The molecule has 0 saturated heterocycles. The van der Waals surface area contributed by atoms with Crippen LogP contribution in [0.15, 0.2) is 36.4 Å². The van der Waals surface area contributed by atoms with Crippen molar-refractivity contribution in [3.63, 3.8) is 0 Å². The highest BCUT2D eigenvalue weighted by atomic mass is 16.1. The topological polar surface area (TPSA) is 44.4 Å². The summed E-state index contributed by atoms with van der Waals surface area (Å²) < 4.78 is 0. The Kier molecular flexibility index (Phi) is 7.86. The number of nitrogens with one attached hydrogen (secondary N) is 2. The maximum Gasteiger partial charge on any atom is 0.253 e. The summed E-state index contributed by atoms with van der Waals surface area (Å²) in [6.45, 7) is 13.8. The molecule has 0 spiro atoms. The summed E-state index contributed by atoms with van der Waals surface area (Å²) in [5, 5.41) is 6.57. The summed E-state index contributed by atoms with van der Waals surface area (Å²) in [5.41, 5.74) is 6.28.